The van der Waals surface area contributed by atoms with Crippen molar-refractivity contribution in [3.05, 3.63) is 0 Å². The number of unbranched alkanes of at least 4 members (excludes halogenated alkanes) is 1. The summed E-state index contributed by atoms with van der Waals surface area (Å²) in [6.45, 7) is 4.83. The molecular weight excluding hydrogens is 360 g/mol. The fourth-order valence-electron chi connectivity index (χ4n) is 2.36. The number of carbonyl (C=O) groups is 5. The molecule has 0 saturated carbocycles. The number of nitrogens with zero attached hydrogens (tertiary/aromatic N) is 2. The van der Waals surface area contributed by atoms with Crippen molar-refractivity contribution in [3.8, 4) is 0 Å². The molecule has 0 aromatic heterocycles. The summed E-state index contributed by atoms with van der Waals surface area (Å²) in [7, 11) is 3.82. The Labute approximate surface area is 159 Å². The summed E-state index contributed by atoms with van der Waals surface area (Å²) in [5.74, 6) is -0.843. The van der Waals surface area contributed by atoms with E-state index in [1.807, 2.05) is 25.9 Å². The molecule has 10 nitrogen and oxygen atoms in total. The normalized spacial score (nSPS) is 14.3. The molecule has 1 saturated heterocycles. The number of hydrogen-bond acceptors (Lipinski definition) is 7. The lowest BCUT2D eigenvalue weighted by Crippen LogP contribution is -2.43. The minimum absolute atomic E-state index is 0.00196. The van der Waals surface area contributed by atoms with Gasteiger partial charge < -0.3 is 15.5 Å². The van der Waals surface area contributed by atoms with Crippen molar-refractivity contribution >= 4 is 30.1 Å². The lowest BCUT2D eigenvalue weighted by atomic mass is 10.1. The molecule has 10 heteroatoms. The number of imide groups is 1. The highest BCUT2D eigenvalue weighted by Crippen LogP contribution is 2.10. The SMILES string of the molecule is CC(=O)NCCCCC(C(=O)[15NH]C[13CH3])N(C)[13CH3].O=[13CH]ON1C(=O)CCC1=O. The van der Waals surface area contributed by atoms with E-state index in [0.29, 0.717) is 18.2 Å². The van der Waals surface area contributed by atoms with Crippen LogP contribution in [-0.4, -0.2) is 73.3 Å². The number of nitrogens with one attached hydrogen (secondary N) is 2. The summed E-state index contributed by atoms with van der Waals surface area (Å²) in [5.41, 5.74) is 0. The van der Waals surface area contributed by atoms with Crippen LogP contribution in [0.4, 0.5) is 0 Å². The monoisotopic (exact) mass is 390 g/mol. The summed E-state index contributed by atoms with van der Waals surface area (Å²) < 4.78 is 0. The van der Waals surface area contributed by atoms with Gasteiger partial charge in [0.2, 0.25) is 11.8 Å². The predicted octanol–water partition coefficient (Wildman–Crippen LogP) is -0.417. The third-order valence-electron chi connectivity index (χ3n) is 3.71. The van der Waals surface area contributed by atoms with Crippen LogP contribution >= 0.6 is 0 Å². The number of carbonyl (C=O) groups excluding carboxylic acids is 5. The van der Waals surface area contributed by atoms with E-state index in [2.05, 4.69) is 15.5 Å². The number of likely N-dealkylation sites (N-methyl/N-ethyl adjacent to an activating group) is 2. The Bertz CT molecular complexity index is 508. The van der Waals surface area contributed by atoms with Gasteiger partial charge in [-0.1, -0.05) is 0 Å². The second kappa shape index (κ2) is 13.7. The van der Waals surface area contributed by atoms with E-state index >= 15 is 0 Å². The Hall–Kier alpha value is -2.49. The van der Waals surface area contributed by atoms with Gasteiger partial charge >= 0.3 is 6.47 Å². The molecule has 0 radical (unpaired) electrons. The van der Waals surface area contributed by atoms with Crippen LogP contribution in [0.2, 0.25) is 0 Å². The predicted molar refractivity (Wildman–Crippen MR) is 96.9 cm³/mol. The first kappa shape index (κ1) is 24.5. The topological polar surface area (TPSA) is 125 Å². The van der Waals surface area contributed by atoms with E-state index < -0.39 is 11.8 Å². The van der Waals surface area contributed by atoms with Gasteiger partial charge in [-0.15, -0.1) is 5.06 Å². The zero-order valence-corrected chi connectivity index (χ0v) is 16.4. The van der Waals surface area contributed by atoms with E-state index in [-0.39, 0.29) is 37.2 Å². The van der Waals surface area contributed by atoms with E-state index in [1.165, 1.54) is 6.92 Å². The molecule has 0 aliphatic carbocycles. The van der Waals surface area contributed by atoms with Gasteiger partial charge in [-0.05, 0) is 40.3 Å². The number of rotatable bonds is 10. The van der Waals surface area contributed by atoms with Crippen LogP contribution in [0.15, 0.2) is 0 Å². The maximum absolute atomic E-state index is 11.7. The quantitative estimate of drug-likeness (QED) is 0.171. The average molecular weight is 390 g/mol. The average Bonchev–Trinajstić information content (AvgIpc) is 2.90. The van der Waals surface area contributed by atoms with Gasteiger partial charge in [-0.25, -0.2) is 0 Å². The molecule has 0 spiro atoms. The second-order valence-corrected chi connectivity index (χ2v) is 6.14. The highest BCUT2D eigenvalue weighted by Gasteiger charge is 2.30. The van der Waals surface area contributed by atoms with Crippen LogP contribution in [0.25, 0.3) is 0 Å². The third kappa shape index (κ3) is 10.3. The first-order valence-corrected chi connectivity index (χ1v) is 8.89. The van der Waals surface area contributed by atoms with E-state index in [9.17, 15) is 24.0 Å². The highest BCUT2D eigenvalue weighted by atomic mass is 16.8. The van der Waals surface area contributed by atoms with Crippen LogP contribution < -0.4 is 10.6 Å². The molecule has 2 N–H and O–H groups in total. The molecule has 0 aromatic rings. The van der Waals surface area contributed by atoms with Gasteiger partial charge in [-0.3, -0.25) is 28.9 Å². The molecule has 0 aromatic carbocycles. The van der Waals surface area contributed by atoms with Crippen molar-refractivity contribution in [2.75, 3.05) is 27.2 Å². The maximum Gasteiger partial charge on any atom is 0.321 e. The Kier molecular flexibility index (Phi) is 12.4. The van der Waals surface area contributed by atoms with Crippen LogP contribution in [0.3, 0.4) is 0 Å². The number of hydrogen-bond donors (Lipinski definition) is 2. The summed E-state index contributed by atoms with van der Waals surface area (Å²) in [6.07, 6.45) is 2.92. The van der Waals surface area contributed by atoms with Crippen LogP contribution in [-0.2, 0) is 28.8 Å². The Morgan fingerprint density at radius 2 is 1.78 bits per heavy atom. The van der Waals surface area contributed by atoms with Gasteiger partial charge in [-0.2, -0.15) is 0 Å². The molecule has 1 atom stereocenters. The number of amides is 4. The zero-order chi connectivity index (χ0) is 20.8. The summed E-state index contributed by atoms with van der Waals surface area (Å²) in [5, 5.41) is 6.06. The molecule has 1 aliphatic rings. The molecule has 1 fully saturated rings. The minimum atomic E-state index is -0.461. The summed E-state index contributed by atoms with van der Waals surface area (Å²) in [4.78, 5) is 59.3. The summed E-state index contributed by atoms with van der Waals surface area (Å²) >= 11 is 0. The molecule has 1 unspecified atom stereocenters. The van der Waals surface area contributed by atoms with Crippen molar-refractivity contribution in [1.82, 2.24) is 20.6 Å². The Morgan fingerprint density at radius 3 is 2.22 bits per heavy atom. The standard InChI is InChI=1S/C12H25N3O2.C5H5NO4/c1-5-13-12(17)11(15(3)4)8-6-7-9-14-10(2)16;7-3-10-6-4(8)1-2-5(6)9/h11H,5-9H2,1-4H3,(H,13,17)(H,14,16);3H,1-2H2/i1+1,3+1,13+1;3+1. The van der Waals surface area contributed by atoms with Crippen LogP contribution in [0.5, 0.6) is 0 Å². The van der Waals surface area contributed by atoms with Crippen LogP contribution in [0.1, 0.15) is 46.0 Å². The lowest BCUT2D eigenvalue weighted by Gasteiger charge is -2.23. The highest BCUT2D eigenvalue weighted by molar-refractivity contribution is 6.01. The maximum atomic E-state index is 11.7. The fourth-order valence-corrected chi connectivity index (χ4v) is 2.36. The van der Waals surface area contributed by atoms with E-state index in [1.54, 1.807) is 0 Å². The molecule has 27 heavy (non-hydrogen) atoms. The largest absolute Gasteiger partial charge is 0.356 e. The lowest BCUT2D eigenvalue weighted by molar-refractivity contribution is -0.188. The molecule has 0 bridgehead atoms. The van der Waals surface area contributed by atoms with Gasteiger partial charge in [0.05, 0.1) is 6.04 Å². The molecule has 154 valence electrons. The minimum Gasteiger partial charge on any atom is -0.356 e. The Morgan fingerprint density at radius 1 is 1.19 bits per heavy atom. The molecule has 1 aliphatic heterocycles. The van der Waals surface area contributed by atoms with Crippen molar-refractivity contribution in [2.24, 2.45) is 0 Å². The van der Waals surface area contributed by atoms with E-state index in [0.717, 1.165) is 19.3 Å². The van der Waals surface area contributed by atoms with Gasteiger partial charge in [0, 0.05) is 32.9 Å². The van der Waals surface area contributed by atoms with Gasteiger partial charge in [0.1, 0.15) is 0 Å². The fraction of sp³-hybridized carbons (Fsp3) is 0.706. The van der Waals surface area contributed by atoms with E-state index in [4.69, 9.17) is 0 Å². The van der Waals surface area contributed by atoms with Gasteiger partial charge in [0.15, 0.2) is 0 Å². The number of hydroxylamine groups is 2. The van der Waals surface area contributed by atoms with Crippen molar-refractivity contribution < 1.29 is 28.8 Å². The zero-order valence-electron chi connectivity index (χ0n) is 16.4. The molecule has 4 amide bonds. The second-order valence-electron chi connectivity index (χ2n) is 6.14. The smallest absolute Gasteiger partial charge is 0.321 e. The molecule has 1 rings (SSSR count). The molecular formula is C17H30N4O6. The first-order chi connectivity index (χ1) is 12.7. The molecule has 1 heterocycles. The Balaban J connectivity index is 0.000000569. The van der Waals surface area contributed by atoms with Crippen molar-refractivity contribution in [3.63, 3.8) is 0 Å². The van der Waals surface area contributed by atoms with Crippen LogP contribution in [0, 0.1) is 0 Å². The van der Waals surface area contributed by atoms with Crippen molar-refractivity contribution in [1.29, 1.82) is 0 Å². The third-order valence-corrected chi connectivity index (χ3v) is 3.71. The first-order valence-electron chi connectivity index (χ1n) is 8.89. The summed E-state index contributed by atoms with van der Waals surface area (Å²) in [6, 6.07) is -0.0766. The van der Waals surface area contributed by atoms with Gasteiger partial charge in [0.25, 0.3) is 11.8 Å². The van der Waals surface area contributed by atoms with Crippen molar-refractivity contribution in [2.45, 2.75) is 52.0 Å².